The van der Waals surface area contributed by atoms with Gasteiger partial charge in [0.15, 0.2) is 5.13 Å². The maximum atomic E-state index is 14.3. The largest absolute Gasteiger partial charge is 0.424 e. The number of amides is 3. The van der Waals surface area contributed by atoms with Crippen molar-refractivity contribution < 1.29 is 18.7 Å². The number of nitrogens with one attached hydrogen (secondary N) is 2. The van der Waals surface area contributed by atoms with Gasteiger partial charge in [-0.2, -0.15) is 5.10 Å². The van der Waals surface area contributed by atoms with Crippen LogP contribution in [0.5, 0.6) is 11.8 Å². The number of urea groups is 1. The van der Waals surface area contributed by atoms with E-state index < -0.39 is 6.03 Å². The van der Waals surface area contributed by atoms with Gasteiger partial charge >= 0.3 is 12.0 Å². The first-order valence-electron chi connectivity index (χ1n) is 14.5. The molecule has 0 atom stereocenters. The molecule has 0 bridgehead atoms. The molecule has 0 aliphatic carbocycles. The van der Waals surface area contributed by atoms with Crippen LogP contribution in [0, 0.1) is 18.7 Å². The molecule has 3 aromatic heterocycles. The van der Waals surface area contributed by atoms with E-state index >= 15 is 0 Å². The molecule has 1 aliphatic rings. The lowest BCUT2D eigenvalue weighted by atomic mass is 10.1. The Morgan fingerprint density at radius 1 is 1.07 bits per heavy atom. The van der Waals surface area contributed by atoms with E-state index in [0.29, 0.717) is 58.9 Å². The van der Waals surface area contributed by atoms with Crippen LogP contribution in [0.25, 0.3) is 16.1 Å². The van der Waals surface area contributed by atoms with Crippen LogP contribution >= 0.6 is 11.3 Å². The molecule has 230 valence electrons. The molecule has 13 heteroatoms. The SMILES string of the molecule is Cc1c(F)cccc1-n1nc(CC(C)C)cc1NC(=O)Nc1cnc(Oc2ccc(-c3cnc(N4CCCC4=O)s3)cc2)nc1. The minimum absolute atomic E-state index is 0.110. The van der Waals surface area contributed by atoms with Crippen LogP contribution in [-0.2, 0) is 11.2 Å². The highest BCUT2D eigenvalue weighted by Crippen LogP contribution is 2.34. The first-order chi connectivity index (χ1) is 21.7. The van der Waals surface area contributed by atoms with Gasteiger partial charge in [0.1, 0.15) is 17.4 Å². The first-order valence-corrected chi connectivity index (χ1v) is 15.3. The predicted molar refractivity (Wildman–Crippen MR) is 171 cm³/mol. The van der Waals surface area contributed by atoms with Crippen LogP contribution in [0.4, 0.5) is 25.8 Å². The zero-order chi connectivity index (χ0) is 31.5. The highest BCUT2D eigenvalue weighted by atomic mass is 32.1. The highest BCUT2D eigenvalue weighted by Gasteiger charge is 2.24. The summed E-state index contributed by atoms with van der Waals surface area (Å²) >= 11 is 1.48. The lowest BCUT2D eigenvalue weighted by Gasteiger charge is -2.12. The molecule has 0 unspecified atom stereocenters. The van der Waals surface area contributed by atoms with E-state index in [4.69, 9.17) is 4.74 Å². The molecule has 1 saturated heterocycles. The molecule has 6 rings (SSSR count). The maximum Gasteiger partial charge on any atom is 0.324 e. The van der Waals surface area contributed by atoms with Gasteiger partial charge < -0.3 is 10.1 Å². The third-order valence-corrected chi connectivity index (χ3v) is 8.19. The second-order valence-corrected chi connectivity index (χ2v) is 12.0. The molecule has 45 heavy (non-hydrogen) atoms. The summed E-state index contributed by atoms with van der Waals surface area (Å²) < 4.78 is 21.6. The standard InChI is InChI=1S/C32H31FN8O3S/c1-19(2)14-22-15-28(41(39-22)26-7-4-6-25(33)20(26)3)38-30(43)37-23-16-34-31(35-17-23)44-24-11-9-21(10-12-24)27-18-36-32(45-27)40-13-5-8-29(40)42/h4,6-7,9-12,15-19H,5,8,13-14H2,1-3H3,(H2,37,38,43). The van der Waals surface area contributed by atoms with E-state index in [1.165, 1.54) is 34.5 Å². The molecule has 2 N–H and O–H groups in total. The molecule has 0 saturated carbocycles. The second-order valence-electron chi connectivity index (χ2n) is 11.0. The van der Waals surface area contributed by atoms with Crippen LogP contribution in [0.15, 0.2) is 67.1 Å². The summed E-state index contributed by atoms with van der Waals surface area (Å²) in [5.41, 5.74) is 3.04. The number of hydrogen-bond acceptors (Lipinski definition) is 8. The van der Waals surface area contributed by atoms with Crippen molar-refractivity contribution in [2.45, 2.75) is 40.0 Å². The fourth-order valence-electron chi connectivity index (χ4n) is 4.92. The van der Waals surface area contributed by atoms with E-state index in [0.717, 1.165) is 22.6 Å². The minimum atomic E-state index is -0.533. The third-order valence-electron chi connectivity index (χ3n) is 7.12. The van der Waals surface area contributed by atoms with Gasteiger partial charge in [0.05, 0.1) is 34.3 Å². The molecule has 0 radical (unpaired) electrons. The summed E-state index contributed by atoms with van der Waals surface area (Å²) in [5, 5.41) is 10.9. The Kier molecular flexibility index (Phi) is 8.52. The zero-order valence-corrected chi connectivity index (χ0v) is 25.8. The molecule has 3 amide bonds. The van der Waals surface area contributed by atoms with Crippen molar-refractivity contribution >= 4 is 39.9 Å². The van der Waals surface area contributed by atoms with Crippen molar-refractivity contribution in [3.63, 3.8) is 0 Å². The van der Waals surface area contributed by atoms with Crippen molar-refractivity contribution in [3.05, 3.63) is 84.2 Å². The second kappa shape index (κ2) is 12.8. The summed E-state index contributed by atoms with van der Waals surface area (Å²) in [6.07, 6.45) is 6.77. The van der Waals surface area contributed by atoms with Gasteiger partial charge in [-0.05, 0) is 67.6 Å². The van der Waals surface area contributed by atoms with Crippen LogP contribution < -0.4 is 20.3 Å². The Bertz CT molecular complexity index is 1840. The lowest BCUT2D eigenvalue weighted by Crippen LogP contribution is -2.23. The van der Waals surface area contributed by atoms with E-state index in [-0.39, 0.29) is 17.7 Å². The Labute approximate surface area is 263 Å². The number of halogens is 1. The summed E-state index contributed by atoms with van der Waals surface area (Å²) in [6, 6.07) is 13.5. The Hall–Kier alpha value is -5.17. The molecule has 5 aromatic rings. The Balaban J connectivity index is 1.08. The fourth-order valence-corrected chi connectivity index (χ4v) is 5.89. The normalized spacial score (nSPS) is 13.0. The molecular weight excluding hydrogens is 595 g/mol. The van der Waals surface area contributed by atoms with Gasteiger partial charge in [0, 0.05) is 30.8 Å². The van der Waals surface area contributed by atoms with Crippen LogP contribution in [0.3, 0.4) is 0 Å². The number of thiazole rings is 1. The van der Waals surface area contributed by atoms with Crippen molar-refractivity contribution in [1.29, 1.82) is 0 Å². The van der Waals surface area contributed by atoms with Gasteiger partial charge in [-0.3, -0.25) is 15.0 Å². The summed E-state index contributed by atoms with van der Waals surface area (Å²) in [5.74, 6) is 1.04. The summed E-state index contributed by atoms with van der Waals surface area (Å²) in [4.78, 5) is 40.5. The number of nitrogens with zero attached hydrogens (tertiary/aromatic N) is 6. The molecule has 11 nitrogen and oxygen atoms in total. The van der Waals surface area contributed by atoms with E-state index in [9.17, 15) is 14.0 Å². The summed E-state index contributed by atoms with van der Waals surface area (Å²) in [7, 11) is 0. The third kappa shape index (κ3) is 6.83. The number of anilines is 3. The molecule has 4 heterocycles. The molecule has 2 aromatic carbocycles. The smallest absolute Gasteiger partial charge is 0.324 e. The average Bonchev–Trinajstić information content (AvgIpc) is 3.76. The van der Waals surface area contributed by atoms with Gasteiger partial charge in [-0.25, -0.2) is 28.8 Å². The summed E-state index contributed by atoms with van der Waals surface area (Å²) in [6.45, 7) is 6.53. The van der Waals surface area contributed by atoms with Crippen molar-refractivity contribution in [1.82, 2.24) is 24.7 Å². The Morgan fingerprint density at radius 3 is 2.56 bits per heavy atom. The number of benzene rings is 2. The van der Waals surface area contributed by atoms with Crippen LogP contribution in [-0.4, -0.2) is 43.2 Å². The maximum absolute atomic E-state index is 14.3. The number of rotatable bonds is 9. The van der Waals surface area contributed by atoms with Crippen molar-refractivity contribution in [2.75, 3.05) is 22.1 Å². The van der Waals surface area contributed by atoms with Gasteiger partial charge in [0.2, 0.25) is 5.91 Å². The molecule has 1 aliphatic heterocycles. The highest BCUT2D eigenvalue weighted by molar-refractivity contribution is 7.19. The Morgan fingerprint density at radius 2 is 1.84 bits per heavy atom. The van der Waals surface area contributed by atoms with Crippen molar-refractivity contribution in [3.8, 4) is 27.9 Å². The predicted octanol–water partition coefficient (Wildman–Crippen LogP) is 6.99. The minimum Gasteiger partial charge on any atom is -0.424 e. The monoisotopic (exact) mass is 626 g/mol. The number of ether oxygens (including phenoxy) is 1. The number of aromatic nitrogens is 5. The quantitative estimate of drug-likeness (QED) is 0.180. The number of hydrogen-bond donors (Lipinski definition) is 2. The molecule has 0 spiro atoms. The topological polar surface area (TPSA) is 127 Å². The molecule has 1 fully saturated rings. The lowest BCUT2D eigenvalue weighted by molar-refractivity contribution is -0.117. The van der Waals surface area contributed by atoms with Crippen molar-refractivity contribution in [2.24, 2.45) is 5.92 Å². The van der Waals surface area contributed by atoms with E-state index in [2.05, 4.69) is 44.5 Å². The number of carbonyl (C=O) groups is 2. The first kappa shape index (κ1) is 29.9. The van der Waals surface area contributed by atoms with Gasteiger partial charge in [-0.1, -0.05) is 31.3 Å². The van der Waals surface area contributed by atoms with Gasteiger partial charge in [-0.15, -0.1) is 0 Å². The van der Waals surface area contributed by atoms with E-state index in [1.807, 2.05) is 12.1 Å². The van der Waals surface area contributed by atoms with Crippen LogP contribution in [0.2, 0.25) is 0 Å². The van der Waals surface area contributed by atoms with Crippen LogP contribution in [0.1, 0.15) is 37.9 Å². The number of carbonyl (C=O) groups excluding carboxylic acids is 2. The average molecular weight is 627 g/mol. The van der Waals surface area contributed by atoms with Gasteiger partial charge in [0.25, 0.3) is 0 Å². The zero-order valence-electron chi connectivity index (χ0n) is 25.0. The fraction of sp³-hybridized carbons (Fsp3) is 0.250. The molecular formula is C32H31FN8O3S. The van der Waals surface area contributed by atoms with E-state index in [1.54, 1.807) is 48.4 Å².